The second-order valence-electron chi connectivity index (χ2n) is 7.39. The van der Waals surface area contributed by atoms with Crippen LogP contribution in [-0.4, -0.2) is 65.5 Å². The average molecular weight is 353 g/mol. The highest BCUT2D eigenvalue weighted by molar-refractivity contribution is 7.11. The van der Waals surface area contributed by atoms with Crippen molar-refractivity contribution in [3.05, 3.63) is 16.6 Å². The van der Waals surface area contributed by atoms with Crippen LogP contribution >= 0.6 is 11.3 Å². The number of ketones is 1. The zero-order valence-electron chi connectivity index (χ0n) is 14.9. The molecule has 2 rings (SSSR count). The summed E-state index contributed by atoms with van der Waals surface area (Å²) in [5.74, 6) is 0.410. The van der Waals surface area contributed by atoms with Crippen LogP contribution in [0.4, 0.5) is 4.79 Å². The Morgan fingerprint density at radius 3 is 2.83 bits per heavy atom. The van der Waals surface area contributed by atoms with E-state index in [0.29, 0.717) is 24.0 Å². The molecule has 0 spiro atoms. The van der Waals surface area contributed by atoms with Crippen molar-refractivity contribution in [3.63, 3.8) is 0 Å². The molecule has 0 radical (unpaired) electrons. The molecular formula is C17H27N3O3S. The summed E-state index contributed by atoms with van der Waals surface area (Å²) < 4.78 is 5.46. The third-order valence-corrected chi connectivity index (χ3v) is 4.64. The van der Waals surface area contributed by atoms with Gasteiger partial charge in [-0.3, -0.25) is 9.69 Å². The number of likely N-dealkylation sites (tertiary alicyclic amines) is 1. The Kier molecular flexibility index (Phi) is 6.34. The van der Waals surface area contributed by atoms with Crippen molar-refractivity contribution in [2.45, 2.75) is 39.2 Å². The van der Waals surface area contributed by atoms with Gasteiger partial charge in [-0.25, -0.2) is 9.78 Å². The van der Waals surface area contributed by atoms with E-state index in [4.69, 9.17) is 4.74 Å². The summed E-state index contributed by atoms with van der Waals surface area (Å²) >= 11 is 1.37. The number of thiazole rings is 1. The third kappa shape index (κ3) is 5.87. The first-order valence-electron chi connectivity index (χ1n) is 8.34. The van der Waals surface area contributed by atoms with Crippen LogP contribution in [0.1, 0.15) is 43.4 Å². The molecule has 7 heteroatoms. The number of hydrogen-bond acceptors (Lipinski definition) is 6. The van der Waals surface area contributed by atoms with Gasteiger partial charge in [-0.2, -0.15) is 0 Å². The number of aromatic nitrogens is 1. The number of amides is 1. The van der Waals surface area contributed by atoms with Gasteiger partial charge in [0, 0.05) is 31.2 Å². The first-order valence-corrected chi connectivity index (χ1v) is 9.22. The van der Waals surface area contributed by atoms with E-state index in [9.17, 15) is 9.59 Å². The molecule has 1 atom stereocenters. The molecule has 1 aliphatic heterocycles. The summed E-state index contributed by atoms with van der Waals surface area (Å²) in [6, 6.07) is 0. The number of carbonyl (C=O) groups excluding carboxylic acids is 2. The minimum absolute atomic E-state index is 0.0484. The molecule has 1 aromatic heterocycles. The van der Waals surface area contributed by atoms with Crippen LogP contribution in [0, 0.1) is 5.92 Å². The van der Waals surface area contributed by atoms with Crippen molar-refractivity contribution in [3.8, 4) is 0 Å². The van der Waals surface area contributed by atoms with E-state index >= 15 is 0 Å². The minimum Gasteiger partial charge on any atom is -0.444 e. The summed E-state index contributed by atoms with van der Waals surface area (Å²) in [4.78, 5) is 32.2. The number of carbonyl (C=O) groups is 2. The molecule has 0 aliphatic carbocycles. The van der Waals surface area contributed by atoms with Crippen LogP contribution in [-0.2, 0) is 4.74 Å². The molecule has 0 unspecified atom stereocenters. The molecule has 0 N–H and O–H groups in total. The first kappa shape index (κ1) is 18.9. The number of Topliss-reactive ketones (excluding diaryl/α,β-unsaturated/α-hetero) is 1. The van der Waals surface area contributed by atoms with Gasteiger partial charge in [-0.15, -0.1) is 11.3 Å². The minimum atomic E-state index is -0.471. The number of piperidine rings is 1. The summed E-state index contributed by atoms with van der Waals surface area (Å²) in [5.41, 5.74) is -0.471. The Bertz CT molecular complexity index is 554. The molecule has 0 bridgehead atoms. The average Bonchev–Trinajstić information content (AvgIpc) is 2.99. The predicted octanol–water partition coefficient (Wildman–Crippen LogP) is 2.90. The number of hydrogen-bond donors (Lipinski definition) is 0. The van der Waals surface area contributed by atoms with Gasteiger partial charge in [-0.05, 0) is 46.6 Å². The van der Waals surface area contributed by atoms with Gasteiger partial charge in [0.2, 0.25) is 5.78 Å². The van der Waals surface area contributed by atoms with Gasteiger partial charge >= 0.3 is 6.09 Å². The number of ether oxygens (including phenoxy) is 1. The van der Waals surface area contributed by atoms with Crippen molar-refractivity contribution in [1.82, 2.24) is 14.8 Å². The lowest BCUT2D eigenvalue weighted by Gasteiger charge is -2.35. The van der Waals surface area contributed by atoms with Crippen molar-refractivity contribution >= 4 is 23.2 Å². The van der Waals surface area contributed by atoms with Gasteiger partial charge < -0.3 is 9.64 Å². The Hall–Kier alpha value is -1.47. The molecule has 134 valence electrons. The SMILES string of the molecule is CN(CC(=O)c1nccs1)C[C@@H]1CCCN(C(=O)OC(C)(C)C)C1. The van der Waals surface area contributed by atoms with Gasteiger partial charge in [0.05, 0.1) is 6.54 Å². The molecule has 1 aromatic rings. The number of rotatable bonds is 5. The fraction of sp³-hybridized carbons (Fsp3) is 0.706. The highest BCUT2D eigenvalue weighted by atomic mass is 32.1. The van der Waals surface area contributed by atoms with Crippen LogP contribution in [0.3, 0.4) is 0 Å². The lowest BCUT2D eigenvalue weighted by molar-refractivity contribution is 0.0149. The highest BCUT2D eigenvalue weighted by Crippen LogP contribution is 2.20. The molecule has 1 aliphatic rings. The Morgan fingerprint density at radius 2 is 2.21 bits per heavy atom. The molecule has 2 heterocycles. The van der Waals surface area contributed by atoms with Gasteiger partial charge in [0.25, 0.3) is 0 Å². The second-order valence-corrected chi connectivity index (χ2v) is 8.29. The Labute approximate surface area is 147 Å². The van der Waals surface area contributed by atoms with Crippen molar-refractivity contribution in [1.29, 1.82) is 0 Å². The Morgan fingerprint density at radius 1 is 1.46 bits per heavy atom. The van der Waals surface area contributed by atoms with E-state index in [1.807, 2.05) is 38.1 Å². The van der Waals surface area contributed by atoms with Gasteiger partial charge in [0.1, 0.15) is 5.60 Å². The smallest absolute Gasteiger partial charge is 0.410 e. The number of nitrogens with zero attached hydrogens (tertiary/aromatic N) is 3. The molecule has 6 nitrogen and oxygen atoms in total. The third-order valence-electron chi connectivity index (χ3n) is 3.82. The standard InChI is InChI=1S/C17H27N3O3S/c1-17(2,3)23-16(22)20-8-5-6-13(11-20)10-19(4)12-14(21)15-18-7-9-24-15/h7,9,13H,5-6,8,10-12H2,1-4H3/t13-/m0/s1. The van der Waals surface area contributed by atoms with E-state index in [1.165, 1.54) is 11.3 Å². The zero-order chi connectivity index (χ0) is 17.7. The summed E-state index contributed by atoms with van der Waals surface area (Å²) in [6.45, 7) is 8.21. The van der Waals surface area contributed by atoms with Crippen molar-refractivity contribution in [2.24, 2.45) is 5.92 Å². The van der Waals surface area contributed by atoms with Gasteiger partial charge in [-0.1, -0.05) is 0 Å². The topological polar surface area (TPSA) is 62.7 Å². The molecule has 24 heavy (non-hydrogen) atoms. The van der Waals surface area contributed by atoms with Crippen LogP contribution < -0.4 is 0 Å². The lowest BCUT2D eigenvalue weighted by atomic mass is 9.98. The van der Waals surface area contributed by atoms with E-state index in [1.54, 1.807) is 11.1 Å². The fourth-order valence-electron chi connectivity index (χ4n) is 2.89. The zero-order valence-corrected chi connectivity index (χ0v) is 15.8. The summed E-state index contributed by atoms with van der Waals surface area (Å²) in [7, 11) is 1.94. The molecule has 1 fully saturated rings. The van der Waals surface area contributed by atoms with E-state index in [-0.39, 0.29) is 11.9 Å². The monoisotopic (exact) mass is 353 g/mol. The van der Waals surface area contributed by atoms with Crippen LogP contribution in [0.25, 0.3) is 0 Å². The molecular weight excluding hydrogens is 326 g/mol. The second kappa shape index (κ2) is 8.07. The predicted molar refractivity (Wildman–Crippen MR) is 94.5 cm³/mol. The molecule has 0 saturated carbocycles. The van der Waals surface area contributed by atoms with Crippen LogP contribution in [0.5, 0.6) is 0 Å². The maximum Gasteiger partial charge on any atom is 0.410 e. The lowest BCUT2D eigenvalue weighted by Crippen LogP contribution is -2.45. The fourth-order valence-corrected chi connectivity index (χ4v) is 3.45. The van der Waals surface area contributed by atoms with E-state index in [2.05, 4.69) is 4.98 Å². The molecule has 1 amide bonds. The Balaban J connectivity index is 1.81. The maximum atomic E-state index is 12.2. The molecule has 0 aromatic carbocycles. The summed E-state index contributed by atoms with van der Waals surface area (Å²) in [5, 5.41) is 2.37. The quantitative estimate of drug-likeness (QED) is 0.762. The first-order chi connectivity index (χ1) is 11.2. The van der Waals surface area contributed by atoms with Crippen molar-refractivity contribution < 1.29 is 14.3 Å². The largest absolute Gasteiger partial charge is 0.444 e. The van der Waals surface area contributed by atoms with Gasteiger partial charge in [0.15, 0.2) is 5.01 Å². The summed E-state index contributed by atoms with van der Waals surface area (Å²) in [6.07, 6.45) is 3.44. The normalized spacial score (nSPS) is 18.7. The van der Waals surface area contributed by atoms with Crippen molar-refractivity contribution in [2.75, 3.05) is 33.2 Å². The molecule has 1 saturated heterocycles. The van der Waals surface area contributed by atoms with Crippen LogP contribution in [0.2, 0.25) is 0 Å². The van der Waals surface area contributed by atoms with Crippen LogP contribution in [0.15, 0.2) is 11.6 Å². The van der Waals surface area contributed by atoms with E-state index in [0.717, 1.165) is 25.9 Å². The number of likely N-dealkylation sites (N-methyl/N-ethyl adjacent to an activating group) is 1. The van der Waals surface area contributed by atoms with E-state index < -0.39 is 5.60 Å². The highest BCUT2D eigenvalue weighted by Gasteiger charge is 2.28. The maximum absolute atomic E-state index is 12.2.